The second-order valence-electron chi connectivity index (χ2n) is 6.57. The van der Waals surface area contributed by atoms with Crippen molar-refractivity contribution in [1.82, 2.24) is 4.90 Å². The van der Waals surface area contributed by atoms with Gasteiger partial charge in [-0.2, -0.15) is 5.53 Å². The number of rotatable bonds is 2. The largest absolute Gasteiger partial charge is 0.300 e. The lowest BCUT2D eigenvalue weighted by Crippen LogP contribution is -2.52. The molecule has 4 atom stereocenters. The summed E-state index contributed by atoms with van der Waals surface area (Å²) in [5.74, 6) is 1.69. The predicted molar refractivity (Wildman–Crippen MR) is 72.0 cm³/mol. The Morgan fingerprint density at radius 3 is 2.22 bits per heavy atom. The fourth-order valence-electron chi connectivity index (χ4n) is 4.80. The number of piperidine rings is 1. The van der Waals surface area contributed by atoms with Gasteiger partial charge >= 0.3 is 0 Å². The molecule has 1 saturated heterocycles. The highest BCUT2D eigenvalue weighted by molar-refractivity contribution is 4.96. The molecule has 18 heavy (non-hydrogen) atoms. The summed E-state index contributed by atoms with van der Waals surface area (Å²) in [6.07, 6.45) is 12.5. The molecule has 0 aromatic heterocycles. The molecule has 0 aromatic rings. The maximum atomic E-state index is 5.65. The lowest BCUT2D eigenvalue weighted by Gasteiger charge is -2.48. The van der Waals surface area contributed by atoms with Crippen molar-refractivity contribution in [2.75, 3.05) is 13.1 Å². The summed E-state index contributed by atoms with van der Waals surface area (Å²) in [7, 11) is 0. The minimum atomic E-state index is 0.469. The average Bonchev–Trinajstić information content (AvgIpc) is 2.47. The molecule has 4 unspecified atom stereocenters. The SMILES string of the molecule is [NH2+]=NC1CCC(N2CCCCC2)C2CCCCC12. The van der Waals surface area contributed by atoms with Crippen LogP contribution in [0, 0.1) is 11.8 Å². The summed E-state index contributed by atoms with van der Waals surface area (Å²) in [6.45, 7) is 2.69. The van der Waals surface area contributed by atoms with Gasteiger partial charge in [0.15, 0.2) is 0 Å². The Hall–Kier alpha value is -0.440. The van der Waals surface area contributed by atoms with E-state index in [2.05, 4.69) is 10.0 Å². The highest BCUT2D eigenvalue weighted by atomic mass is 15.2. The first kappa shape index (κ1) is 12.6. The zero-order valence-electron chi connectivity index (χ0n) is 11.6. The fourth-order valence-corrected chi connectivity index (χ4v) is 4.80. The van der Waals surface area contributed by atoms with Crippen LogP contribution in [-0.2, 0) is 0 Å². The normalized spacial score (nSPS) is 42.2. The molecule has 0 bridgehead atoms. The van der Waals surface area contributed by atoms with Crippen LogP contribution in [0.3, 0.4) is 0 Å². The van der Waals surface area contributed by atoms with Gasteiger partial charge in [0.25, 0.3) is 0 Å². The molecule has 2 N–H and O–H groups in total. The molecule has 102 valence electrons. The van der Waals surface area contributed by atoms with E-state index in [1.54, 1.807) is 0 Å². The lowest BCUT2D eigenvalue weighted by atomic mass is 9.65. The zero-order valence-corrected chi connectivity index (χ0v) is 11.6. The molecule has 0 radical (unpaired) electrons. The maximum Gasteiger partial charge on any atom is 0.115 e. The molecule has 1 aliphatic heterocycles. The first-order valence-electron chi connectivity index (χ1n) is 8.04. The first-order valence-corrected chi connectivity index (χ1v) is 8.04. The molecule has 3 nitrogen and oxygen atoms in total. The Balaban J connectivity index is 1.72. The maximum absolute atomic E-state index is 5.65. The van der Waals surface area contributed by atoms with Crippen LogP contribution in [0.2, 0.25) is 0 Å². The third-order valence-corrected chi connectivity index (χ3v) is 5.67. The van der Waals surface area contributed by atoms with Crippen LogP contribution in [0.1, 0.15) is 57.8 Å². The van der Waals surface area contributed by atoms with Crippen LogP contribution in [0.4, 0.5) is 0 Å². The summed E-state index contributed by atoms with van der Waals surface area (Å²) < 4.78 is 0. The van der Waals surface area contributed by atoms with Crippen molar-refractivity contribution >= 4 is 0 Å². The van der Waals surface area contributed by atoms with Crippen molar-refractivity contribution in [3.05, 3.63) is 0 Å². The van der Waals surface area contributed by atoms with Crippen molar-refractivity contribution in [3.63, 3.8) is 0 Å². The van der Waals surface area contributed by atoms with E-state index in [0.717, 1.165) is 17.9 Å². The van der Waals surface area contributed by atoms with Crippen molar-refractivity contribution in [2.24, 2.45) is 17.0 Å². The molecular formula is C15H28N3+. The molecule has 2 saturated carbocycles. The standard InChI is InChI=1S/C15H27N3/c16-17-14-8-9-15(18-10-4-1-5-11-18)13-7-3-2-6-12(13)14/h12-16H,1-11H2/p+1. The van der Waals surface area contributed by atoms with Gasteiger partial charge in [0.1, 0.15) is 6.04 Å². The van der Waals surface area contributed by atoms with Gasteiger partial charge < -0.3 is 4.90 Å². The van der Waals surface area contributed by atoms with Crippen LogP contribution in [0.25, 0.3) is 0 Å². The fraction of sp³-hybridized carbons (Fsp3) is 1.00. The van der Waals surface area contributed by atoms with Crippen LogP contribution in [0.15, 0.2) is 5.11 Å². The Bertz CT molecular complexity index is 285. The molecule has 0 aromatic carbocycles. The molecule has 0 spiro atoms. The van der Waals surface area contributed by atoms with E-state index in [-0.39, 0.29) is 0 Å². The predicted octanol–water partition coefficient (Wildman–Crippen LogP) is 2.02. The van der Waals surface area contributed by atoms with E-state index in [1.165, 1.54) is 70.9 Å². The molecule has 1 heterocycles. The van der Waals surface area contributed by atoms with Crippen molar-refractivity contribution < 1.29 is 5.53 Å². The van der Waals surface area contributed by atoms with Gasteiger partial charge in [-0.25, -0.2) is 0 Å². The van der Waals surface area contributed by atoms with Gasteiger partial charge in [0.05, 0.1) is 0 Å². The van der Waals surface area contributed by atoms with Crippen molar-refractivity contribution in [3.8, 4) is 0 Å². The Labute approximate surface area is 111 Å². The van der Waals surface area contributed by atoms with Crippen LogP contribution >= 0.6 is 0 Å². The molecule has 3 rings (SSSR count). The monoisotopic (exact) mass is 250 g/mol. The summed E-state index contributed by atoms with van der Waals surface area (Å²) in [4.78, 5) is 2.80. The van der Waals surface area contributed by atoms with Gasteiger partial charge in [0, 0.05) is 6.04 Å². The molecule has 3 heteroatoms. The van der Waals surface area contributed by atoms with Gasteiger partial charge in [-0.1, -0.05) is 19.3 Å². The first-order chi connectivity index (χ1) is 8.90. The third kappa shape index (κ3) is 2.34. The molecular weight excluding hydrogens is 222 g/mol. The zero-order chi connectivity index (χ0) is 12.4. The quantitative estimate of drug-likeness (QED) is 0.749. The molecule has 3 fully saturated rings. The highest BCUT2D eigenvalue weighted by Gasteiger charge is 2.43. The van der Waals surface area contributed by atoms with E-state index in [9.17, 15) is 0 Å². The number of hydrogen-bond acceptors (Lipinski definition) is 2. The van der Waals surface area contributed by atoms with E-state index in [1.807, 2.05) is 0 Å². The van der Waals surface area contributed by atoms with E-state index < -0.39 is 0 Å². The lowest BCUT2D eigenvalue weighted by molar-refractivity contribution is -0.236. The smallest absolute Gasteiger partial charge is 0.115 e. The number of nitrogens with zero attached hydrogens (tertiary/aromatic N) is 2. The Kier molecular flexibility index (Phi) is 3.97. The van der Waals surface area contributed by atoms with Crippen LogP contribution < -0.4 is 5.53 Å². The number of hydrogen-bond donors (Lipinski definition) is 1. The summed E-state index contributed by atoms with van der Waals surface area (Å²) in [6, 6.07) is 1.32. The number of fused-ring (bicyclic) bond motifs is 1. The average molecular weight is 250 g/mol. The second kappa shape index (κ2) is 5.68. The Morgan fingerprint density at radius 1 is 0.778 bits per heavy atom. The summed E-state index contributed by atoms with van der Waals surface area (Å²) >= 11 is 0. The summed E-state index contributed by atoms with van der Waals surface area (Å²) in [5, 5.41) is 4.19. The minimum Gasteiger partial charge on any atom is -0.300 e. The van der Waals surface area contributed by atoms with E-state index in [4.69, 9.17) is 5.53 Å². The van der Waals surface area contributed by atoms with Gasteiger partial charge in [-0.15, -0.1) is 0 Å². The van der Waals surface area contributed by atoms with Crippen molar-refractivity contribution in [1.29, 1.82) is 0 Å². The van der Waals surface area contributed by atoms with Gasteiger partial charge in [0.2, 0.25) is 0 Å². The second-order valence-corrected chi connectivity index (χ2v) is 6.57. The van der Waals surface area contributed by atoms with Gasteiger partial charge in [-0.05, 0) is 68.6 Å². The van der Waals surface area contributed by atoms with Crippen LogP contribution in [0.5, 0.6) is 0 Å². The molecule has 3 aliphatic rings. The van der Waals surface area contributed by atoms with Crippen molar-refractivity contribution in [2.45, 2.75) is 69.9 Å². The van der Waals surface area contributed by atoms with E-state index >= 15 is 0 Å². The van der Waals surface area contributed by atoms with Gasteiger partial charge in [-0.3, -0.25) is 0 Å². The Morgan fingerprint density at radius 2 is 1.50 bits per heavy atom. The minimum absolute atomic E-state index is 0.469. The number of likely N-dealkylation sites (tertiary alicyclic amines) is 1. The molecule has 0 amide bonds. The topological polar surface area (TPSA) is 41.2 Å². The van der Waals surface area contributed by atoms with E-state index in [0.29, 0.717) is 6.04 Å². The third-order valence-electron chi connectivity index (χ3n) is 5.67. The summed E-state index contributed by atoms with van der Waals surface area (Å²) in [5.41, 5.74) is 5.65. The van der Waals surface area contributed by atoms with Crippen LogP contribution in [-0.4, -0.2) is 30.1 Å². The highest BCUT2D eigenvalue weighted by Crippen LogP contribution is 2.44. The number of nitrogens with two attached hydrogens (primary N) is 1. The molecule has 2 aliphatic carbocycles.